The summed E-state index contributed by atoms with van der Waals surface area (Å²) in [6.45, 7) is 8.77. The number of hydrogen-bond donors (Lipinski definition) is 0. The first-order valence-electron chi connectivity index (χ1n) is 11.1. The highest BCUT2D eigenvalue weighted by Gasteiger charge is 2.05. The van der Waals surface area contributed by atoms with Crippen LogP contribution in [0.5, 0.6) is 0 Å². The average Bonchev–Trinajstić information content (AvgIpc) is 2.62. The van der Waals surface area contributed by atoms with Gasteiger partial charge in [0.15, 0.2) is 0 Å². The molecule has 3 nitrogen and oxygen atoms in total. The maximum atomic E-state index is 11.6. The van der Waals surface area contributed by atoms with Gasteiger partial charge < -0.3 is 4.74 Å². The lowest BCUT2D eigenvalue weighted by atomic mass is 10.0. The standard InChI is InChI=1S/C22H45NO2/c1-4-7-8-9-10-11-12-13-14-15-16-17-18-19-20-22(24)25-21-23(5-2)6-3/h4-21H2,1-3H3. The number of ether oxygens (including phenoxy) is 1. The Bertz CT molecular complexity index is 277. The quantitative estimate of drug-likeness (QED) is 0.147. The molecule has 0 aromatic rings. The zero-order chi connectivity index (χ0) is 18.6. The lowest BCUT2D eigenvalue weighted by molar-refractivity contribution is -0.148. The molecule has 0 aromatic heterocycles. The van der Waals surface area contributed by atoms with Gasteiger partial charge in [-0.05, 0) is 19.5 Å². The van der Waals surface area contributed by atoms with Gasteiger partial charge in [-0.25, -0.2) is 0 Å². The minimum atomic E-state index is -0.0363. The van der Waals surface area contributed by atoms with E-state index in [1.54, 1.807) is 0 Å². The summed E-state index contributed by atoms with van der Waals surface area (Å²) in [4.78, 5) is 13.8. The molecule has 0 spiro atoms. The molecule has 0 aliphatic rings. The lowest BCUT2D eigenvalue weighted by Gasteiger charge is -2.17. The zero-order valence-electron chi connectivity index (χ0n) is 17.5. The number of esters is 1. The predicted molar refractivity (Wildman–Crippen MR) is 109 cm³/mol. The van der Waals surface area contributed by atoms with E-state index in [9.17, 15) is 4.79 Å². The molecule has 0 aliphatic heterocycles. The number of carbonyl (C=O) groups excluding carboxylic acids is 1. The average molecular weight is 356 g/mol. The van der Waals surface area contributed by atoms with Gasteiger partial charge in [-0.3, -0.25) is 9.69 Å². The van der Waals surface area contributed by atoms with Gasteiger partial charge >= 0.3 is 5.97 Å². The summed E-state index contributed by atoms with van der Waals surface area (Å²) < 4.78 is 5.29. The van der Waals surface area contributed by atoms with E-state index in [4.69, 9.17) is 4.74 Å². The van der Waals surface area contributed by atoms with E-state index in [2.05, 4.69) is 25.7 Å². The second-order valence-corrected chi connectivity index (χ2v) is 7.29. The SMILES string of the molecule is CCCCCCCCCCCCCCCCC(=O)OCN(CC)CC. The van der Waals surface area contributed by atoms with Crippen molar-refractivity contribution in [3.05, 3.63) is 0 Å². The Morgan fingerprint density at radius 2 is 1.04 bits per heavy atom. The highest BCUT2D eigenvalue weighted by Crippen LogP contribution is 2.13. The largest absolute Gasteiger partial charge is 0.449 e. The Balaban J connectivity index is 3.19. The highest BCUT2D eigenvalue weighted by molar-refractivity contribution is 5.69. The second kappa shape index (κ2) is 19.8. The molecule has 0 amide bonds. The normalized spacial score (nSPS) is 11.2. The molecule has 0 rings (SSSR count). The fraction of sp³-hybridized carbons (Fsp3) is 0.955. The van der Waals surface area contributed by atoms with Crippen molar-refractivity contribution in [3.8, 4) is 0 Å². The van der Waals surface area contributed by atoms with E-state index in [0.29, 0.717) is 13.2 Å². The van der Waals surface area contributed by atoms with Crippen LogP contribution in [0.15, 0.2) is 0 Å². The fourth-order valence-corrected chi connectivity index (χ4v) is 3.11. The maximum absolute atomic E-state index is 11.6. The summed E-state index contributed by atoms with van der Waals surface area (Å²) in [6, 6.07) is 0. The van der Waals surface area contributed by atoms with E-state index in [0.717, 1.165) is 25.9 Å². The molecule has 0 aromatic carbocycles. The molecule has 3 heteroatoms. The van der Waals surface area contributed by atoms with Crippen LogP contribution in [0.3, 0.4) is 0 Å². The van der Waals surface area contributed by atoms with E-state index in [1.807, 2.05) is 0 Å². The summed E-state index contributed by atoms with van der Waals surface area (Å²) in [5, 5.41) is 0. The molecule has 150 valence electrons. The van der Waals surface area contributed by atoms with Crippen LogP contribution in [0, 0.1) is 0 Å². The Morgan fingerprint density at radius 1 is 0.640 bits per heavy atom. The molecule has 0 bridgehead atoms. The predicted octanol–water partition coefficient (Wildman–Crippen LogP) is 6.70. The van der Waals surface area contributed by atoms with Gasteiger partial charge in [0.25, 0.3) is 0 Å². The molecular weight excluding hydrogens is 310 g/mol. The first kappa shape index (κ1) is 24.4. The zero-order valence-corrected chi connectivity index (χ0v) is 17.5. The van der Waals surface area contributed by atoms with Crippen LogP contribution in [-0.2, 0) is 9.53 Å². The molecule has 25 heavy (non-hydrogen) atoms. The first-order chi connectivity index (χ1) is 12.2. The molecule has 0 fully saturated rings. The van der Waals surface area contributed by atoms with Crippen molar-refractivity contribution >= 4 is 5.97 Å². The van der Waals surface area contributed by atoms with Crippen LogP contribution in [-0.4, -0.2) is 30.7 Å². The molecule has 0 atom stereocenters. The Morgan fingerprint density at radius 3 is 1.44 bits per heavy atom. The molecule has 0 unspecified atom stereocenters. The summed E-state index contributed by atoms with van der Waals surface area (Å²) in [7, 11) is 0. The van der Waals surface area contributed by atoms with Gasteiger partial charge in [0.1, 0.15) is 6.73 Å². The molecule has 0 radical (unpaired) electrons. The lowest BCUT2D eigenvalue weighted by Crippen LogP contribution is -2.27. The number of nitrogens with zero attached hydrogens (tertiary/aromatic N) is 1. The smallest absolute Gasteiger partial charge is 0.307 e. The third-order valence-corrected chi connectivity index (χ3v) is 5.04. The van der Waals surface area contributed by atoms with E-state index < -0.39 is 0 Å². The van der Waals surface area contributed by atoms with E-state index in [1.165, 1.54) is 77.0 Å². The molecule has 0 heterocycles. The minimum Gasteiger partial charge on any atom is -0.449 e. The van der Waals surface area contributed by atoms with Gasteiger partial charge in [0, 0.05) is 6.42 Å². The van der Waals surface area contributed by atoms with Gasteiger partial charge in [-0.15, -0.1) is 0 Å². The van der Waals surface area contributed by atoms with Gasteiger partial charge in [0.05, 0.1) is 0 Å². The third-order valence-electron chi connectivity index (χ3n) is 5.04. The van der Waals surface area contributed by atoms with Crippen LogP contribution in [0.1, 0.15) is 117 Å². The number of unbranched alkanes of at least 4 members (excludes halogenated alkanes) is 13. The highest BCUT2D eigenvalue weighted by atomic mass is 16.5. The molecule has 0 saturated carbocycles. The Kier molecular flexibility index (Phi) is 19.3. The monoisotopic (exact) mass is 355 g/mol. The van der Waals surface area contributed by atoms with Crippen molar-refractivity contribution < 1.29 is 9.53 Å². The second-order valence-electron chi connectivity index (χ2n) is 7.29. The van der Waals surface area contributed by atoms with E-state index >= 15 is 0 Å². The summed E-state index contributed by atoms with van der Waals surface area (Å²) in [5.41, 5.74) is 0. The minimum absolute atomic E-state index is 0.0363. The molecule has 0 aliphatic carbocycles. The Hall–Kier alpha value is -0.570. The number of hydrogen-bond acceptors (Lipinski definition) is 3. The van der Waals surface area contributed by atoms with Crippen LogP contribution in [0.4, 0.5) is 0 Å². The van der Waals surface area contributed by atoms with Crippen molar-refractivity contribution in [2.24, 2.45) is 0 Å². The first-order valence-corrected chi connectivity index (χ1v) is 11.1. The summed E-state index contributed by atoms with van der Waals surface area (Å²) in [5.74, 6) is -0.0363. The van der Waals surface area contributed by atoms with Crippen molar-refractivity contribution in [2.45, 2.75) is 117 Å². The van der Waals surface area contributed by atoms with E-state index in [-0.39, 0.29) is 5.97 Å². The fourth-order valence-electron chi connectivity index (χ4n) is 3.11. The van der Waals surface area contributed by atoms with Crippen molar-refractivity contribution in [1.29, 1.82) is 0 Å². The Labute approximate surface area is 157 Å². The summed E-state index contributed by atoms with van der Waals surface area (Å²) in [6.07, 6.45) is 19.4. The van der Waals surface area contributed by atoms with Crippen molar-refractivity contribution in [2.75, 3.05) is 19.8 Å². The van der Waals surface area contributed by atoms with Gasteiger partial charge in [-0.1, -0.05) is 104 Å². The van der Waals surface area contributed by atoms with Crippen LogP contribution in [0.25, 0.3) is 0 Å². The van der Waals surface area contributed by atoms with Gasteiger partial charge in [-0.2, -0.15) is 0 Å². The molecule has 0 N–H and O–H groups in total. The third kappa shape index (κ3) is 18.0. The van der Waals surface area contributed by atoms with Crippen molar-refractivity contribution in [3.63, 3.8) is 0 Å². The summed E-state index contributed by atoms with van der Waals surface area (Å²) >= 11 is 0. The topological polar surface area (TPSA) is 29.5 Å². The molecule has 0 saturated heterocycles. The van der Waals surface area contributed by atoms with Gasteiger partial charge in [0.2, 0.25) is 0 Å². The maximum Gasteiger partial charge on any atom is 0.307 e. The van der Waals surface area contributed by atoms with Crippen molar-refractivity contribution in [1.82, 2.24) is 4.90 Å². The number of carbonyl (C=O) groups is 1. The number of rotatable bonds is 19. The van der Waals surface area contributed by atoms with Crippen LogP contribution in [0.2, 0.25) is 0 Å². The van der Waals surface area contributed by atoms with Crippen LogP contribution < -0.4 is 0 Å². The van der Waals surface area contributed by atoms with Crippen LogP contribution >= 0.6 is 0 Å². The molecular formula is C22H45NO2.